The fourth-order valence-electron chi connectivity index (χ4n) is 2.75. The number of nitrogen functional groups attached to an aromatic ring is 1. The lowest BCUT2D eigenvalue weighted by Gasteiger charge is -2.20. The monoisotopic (exact) mass is 443 g/mol. The number of pyridine rings is 2. The summed E-state index contributed by atoms with van der Waals surface area (Å²) in [6, 6.07) is 6.70. The zero-order chi connectivity index (χ0) is 18.5. The number of carbonyl (C=O) groups excluding carboxylic acids is 2. The van der Waals surface area contributed by atoms with Crippen molar-refractivity contribution in [2.45, 2.75) is 30.0 Å². The Morgan fingerprint density at radius 1 is 1.18 bits per heavy atom. The van der Waals surface area contributed by atoms with Crippen LogP contribution >= 0.6 is 36.6 Å². The van der Waals surface area contributed by atoms with Crippen molar-refractivity contribution in [1.29, 1.82) is 0 Å². The Morgan fingerprint density at radius 3 is 2.54 bits per heavy atom. The van der Waals surface area contributed by atoms with Crippen LogP contribution in [0.4, 0.5) is 11.5 Å². The molecule has 0 saturated carbocycles. The van der Waals surface area contributed by atoms with Crippen molar-refractivity contribution in [3.8, 4) is 0 Å². The van der Waals surface area contributed by atoms with E-state index in [2.05, 4.69) is 15.3 Å². The van der Waals surface area contributed by atoms with E-state index < -0.39 is 0 Å². The maximum atomic E-state index is 12.6. The molecule has 0 spiro atoms. The van der Waals surface area contributed by atoms with Gasteiger partial charge in [-0.25, -0.2) is 9.97 Å². The zero-order valence-electron chi connectivity index (χ0n) is 15.3. The zero-order valence-corrected chi connectivity index (χ0v) is 17.8. The maximum absolute atomic E-state index is 12.6. The average Bonchev–Trinajstić information content (AvgIpc) is 3.18. The first-order valence-electron chi connectivity index (χ1n) is 8.48. The minimum atomic E-state index is -0.298. The predicted octanol–water partition coefficient (Wildman–Crippen LogP) is 3.26. The van der Waals surface area contributed by atoms with Crippen molar-refractivity contribution in [1.82, 2.24) is 14.9 Å². The molecule has 0 bridgehead atoms. The van der Waals surface area contributed by atoms with E-state index in [-0.39, 0.29) is 41.9 Å². The van der Waals surface area contributed by atoms with E-state index in [0.29, 0.717) is 22.1 Å². The number of nitrogens with one attached hydrogen (secondary N) is 1. The van der Waals surface area contributed by atoms with Crippen molar-refractivity contribution in [2.75, 3.05) is 24.1 Å². The molecule has 2 amide bonds. The van der Waals surface area contributed by atoms with Crippen LogP contribution in [0.5, 0.6) is 0 Å². The number of hydrogen-bond donors (Lipinski definition) is 2. The van der Waals surface area contributed by atoms with Gasteiger partial charge in [0.15, 0.2) is 0 Å². The molecule has 152 valence electrons. The summed E-state index contributed by atoms with van der Waals surface area (Å²) in [5, 5.41) is 3.01. The third kappa shape index (κ3) is 5.98. The highest BCUT2D eigenvalue weighted by molar-refractivity contribution is 8.00. The number of anilines is 2. The summed E-state index contributed by atoms with van der Waals surface area (Å²) >= 11 is 1.31. The van der Waals surface area contributed by atoms with E-state index in [4.69, 9.17) is 5.73 Å². The molecule has 10 heteroatoms. The highest BCUT2D eigenvalue weighted by Crippen LogP contribution is 2.27. The summed E-state index contributed by atoms with van der Waals surface area (Å²) in [5.74, 6) is 0.176. The molecule has 1 atom stereocenters. The summed E-state index contributed by atoms with van der Waals surface area (Å²) < 4.78 is 0. The fourth-order valence-corrected chi connectivity index (χ4v) is 3.74. The highest BCUT2D eigenvalue weighted by Gasteiger charge is 2.25. The third-order valence-corrected chi connectivity index (χ3v) is 5.22. The molecule has 2 aromatic rings. The normalized spacial score (nSPS) is 13.8. The summed E-state index contributed by atoms with van der Waals surface area (Å²) in [6.07, 6.45) is 5.22. The molecule has 0 radical (unpaired) electrons. The number of aromatic nitrogens is 2. The minimum absolute atomic E-state index is 0. The van der Waals surface area contributed by atoms with Gasteiger partial charge in [0.05, 0.1) is 22.7 Å². The van der Waals surface area contributed by atoms with Crippen LogP contribution in [0.15, 0.2) is 41.7 Å². The first-order chi connectivity index (χ1) is 12.5. The molecular weight excluding hydrogens is 421 g/mol. The topological polar surface area (TPSA) is 101 Å². The third-order valence-electron chi connectivity index (χ3n) is 4.11. The fraction of sp³-hybridized carbons (Fsp3) is 0.333. The molecule has 3 N–H and O–H groups in total. The van der Waals surface area contributed by atoms with Crippen molar-refractivity contribution in [3.05, 3.63) is 42.2 Å². The molecular formula is C18H23Cl2N5O2S. The quantitative estimate of drug-likeness (QED) is 0.687. The maximum Gasteiger partial charge on any atom is 0.258 e. The van der Waals surface area contributed by atoms with Gasteiger partial charge in [-0.05, 0) is 44.0 Å². The standard InChI is InChI=1S/C18H21N5O2S.2ClH/c1-12(18(25)23-9-2-3-10-23)26-17-14(5-4-8-20-17)16(24)22-13-6-7-15(19)21-11-13;;/h4-8,11-12H,2-3,9-10H2,1H3,(H2,19,21)(H,22,24);2*1H. The molecule has 1 aliphatic rings. The van der Waals surface area contributed by atoms with Gasteiger partial charge in [0.2, 0.25) is 5.91 Å². The van der Waals surface area contributed by atoms with Crippen molar-refractivity contribution >= 4 is 59.9 Å². The number of hydrogen-bond acceptors (Lipinski definition) is 6. The van der Waals surface area contributed by atoms with Crippen LogP contribution in [-0.4, -0.2) is 45.0 Å². The van der Waals surface area contributed by atoms with Gasteiger partial charge in [-0.1, -0.05) is 11.8 Å². The smallest absolute Gasteiger partial charge is 0.258 e. The number of rotatable bonds is 5. The average molecular weight is 444 g/mol. The predicted molar refractivity (Wildman–Crippen MR) is 116 cm³/mol. The van der Waals surface area contributed by atoms with Crippen molar-refractivity contribution in [2.24, 2.45) is 0 Å². The molecule has 1 aliphatic heterocycles. The first kappa shape index (κ1) is 24.0. The SMILES string of the molecule is CC(Sc1ncccc1C(=O)Nc1ccc(N)nc1)C(=O)N1CCCC1.Cl.Cl. The highest BCUT2D eigenvalue weighted by atomic mass is 35.5. The van der Waals surface area contributed by atoms with Crippen LogP contribution in [0.2, 0.25) is 0 Å². The molecule has 0 aromatic carbocycles. The number of nitrogens with zero attached hydrogens (tertiary/aromatic N) is 3. The number of amides is 2. The number of likely N-dealkylation sites (tertiary alicyclic amines) is 1. The van der Waals surface area contributed by atoms with Gasteiger partial charge in [-0.2, -0.15) is 0 Å². The van der Waals surface area contributed by atoms with Crippen LogP contribution in [0.25, 0.3) is 0 Å². The van der Waals surface area contributed by atoms with Gasteiger partial charge in [0.25, 0.3) is 5.91 Å². The molecule has 28 heavy (non-hydrogen) atoms. The van der Waals surface area contributed by atoms with Gasteiger partial charge in [-0.3, -0.25) is 9.59 Å². The van der Waals surface area contributed by atoms with Crippen LogP contribution in [0.3, 0.4) is 0 Å². The number of halogens is 2. The Labute approximate surface area is 180 Å². The van der Waals surface area contributed by atoms with E-state index >= 15 is 0 Å². The van der Waals surface area contributed by atoms with Crippen LogP contribution in [0, 0.1) is 0 Å². The Bertz CT molecular complexity index is 801. The molecule has 1 unspecified atom stereocenters. The minimum Gasteiger partial charge on any atom is -0.384 e. The molecule has 2 aromatic heterocycles. The largest absolute Gasteiger partial charge is 0.384 e. The summed E-state index contributed by atoms with van der Waals surface area (Å²) in [7, 11) is 0. The lowest BCUT2D eigenvalue weighted by atomic mass is 10.2. The number of carbonyl (C=O) groups is 2. The Hall–Kier alpha value is -2.03. The van der Waals surface area contributed by atoms with Gasteiger partial charge in [-0.15, -0.1) is 24.8 Å². The van der Waals surface area contributed by atoms with Crippen LogP contribution < -0.4 is 11.1 Å². The van der Waals surface area contributed by atoms with E-state index in [9.17, 15) is 9.59 Å². The Kier molecular flexibility index (Phi) is 9.51. The lowest BCUT2D eigenvalue weighted by molar-refractivity contribution is -0.129. The molecule has 1 fully saturated rings. The molecule has 7 nitrogen and oxygen atoms in total. The Balaban J connectivity index is 0.00000196. The second-order valence-electron chi connectivity index (χ2n) is 6.07. The summed E-state index contributed by atoms with van der Waals surface area (Å²) in [5.41, 5.74) is 6.53. The Morgan fingerprint density at radius 2 is 1.89 bits per heavy atom. The second kappa shape index (κ2) is 11.1. The molecule has 0 aliphatic carbocycles. The van der Waals surface area contributed by atoms with Gasteiger partial charge >= 0.3 is 0 Å². The molecule has 3 rings (SSSR count). The van der Waals surface area contributed by atoms with E-state index in [1.807, 2.05) is 11.8 Å². The lowest BCUT2D eigenvalue weighted by Crippen LogP contribution is -2.34. The first-order valence-corrected chi connectivity index (χ1v) is 9.36. The number of nitrogens with two attached hydrogens (primary N) is 1. The second-order valence-corrected chi connectivity index (χ2v) is 7.40. The van der Waals surface area contributed by atoms with Gasteiger partial charge in [0.1, 0.15) is 10.8 Å². The summed E-state index contributed by atoms with van der Waals surface area (Å²) in [6.45, 7) is 3.47. The van der Waals surface area contributed by atoms with E-state index in [1.54, 1.807) is 30.5 Å². The number of thioether (sulfide) groups is 1. The van der Waals surface area contributed by atoms with E-state index in [1.165, 1.54) is 18.0 Å². The van der Waals surface area contributed by atoms with E-state index in [0.717, 1.165) is 25.9 Å². The molecule has 1 saturated heterocycles. The van der Waals surface area contributed by atoms with Crippen molar-refractivity contribution in [3.63, 3.8) is 0 Å². The summed E-state index contributed by atoms with van der Waals surface area (Å²) in [4.78, 5) is 35.3. The van der Waals surface area contributed by atoms with Gasteiger partial charge in [0, 0.05) is 19.3 Å². The van der Waals surface area contributed by atoms with Crippen LogP contribution in [-0.2, 0) is 4.79 Å². The van der Waals surface area contributed by atoms with Crippen molar-refractivity contribution < 1.29 is 9.59 Å². The molecule has 3 heterocycles. The van der Waals surface area contributed by atoms with Gasteiger partial charge < -0.3 is 16.0 Å². The van der Waals surface area contributed by atoms with Crippen LogP contribution in [0.1, 0.15) is 30.1 Å².